The third-order valence-corrected chi connectivity index (χ3v) is 6.07. The Hall–Kier alpha value is -3.54. The van der Waals surface area contributed by atoms with Gasteiger partial charge in [-0.05, 0) is 63.1 Å². The summed E-state index contributed by atoms with van der Waals surface area (Å²) >= 11 is 0. The molecule has 0 aliphatic carbocycles. The number of methoxy groups -OCH3 is 1. The molecular formula is C27H29FN2O3. The first kappa shape index (κ1) is 22.6. The zero-order valence-corrected chi connectivity index (χ0v) is 19.9. The number of anilines is 2. The number of nitrogens with zero attached hydrogens (tertiary/aromatic N) is 1. The van der Waals surface area contributed by atoms with Crippen LogP contribution in [-0.2, 0) is 11.4 Å². The highest BCUT2D eigenvalue weighted by atomic mass is 19.1. The maximum absolute atomic E-state index is 13.9. The zero-order valence-electron chi connectivity index (χ0n) is 19.9. The molecule has 1 N–H and O–H groups in total. The molecule has 0 fully saturated rings. The monoisotopic (exact) mass is 448 g/mol. The van der Waals surface area contributed by atoms with Crippen LogP contribution >= 0.6 is 0 Å². The van der Waals surface area contributed by atoms with Gasteiger partial charge in [0.15, 0.2) is 0 Å². The third kappa shape index (κ3) is 4.13. The van der Waals surface area contributed by atoms with Crippen LogP contribution in [0.2, 0.25) is 0 Å². The predicted molar refractivity (Wildman–Crippen MR) is 130 cm³/mol. The maximum atomic E-state index is 13.9. The summed E-state index contributed by atoms with van der Waals surface area (Å²) in [6.07, 6.45) is 0. The van der Waals surface area contributed by atoms with Gasteiger partial charge in [-0.3, -0.25) is 4.79 Å². The Labute approximate surface area is 194 Å². The standard InChI is InChI=1S/C27H29FN2O3/c1-16-7-12-23(32-6)20(13-16)19-10-11-22-25(30(5)26(31)27(3,4)29-22)21(19)15-33-24-14-18(28)9-8-17(24)2/h7-14,29H,15H2,1-6H3. The SMILES string of the molecule is COc1ccc(C)cc1-c1ccc2c(c1COc1cc(F)ccc1C)N(C)C(=O)C(C)(C)N2. The van der Waals surface area contributed by atoms with E-state index in [0.717, 1.165) is 44.9 Å². The van der Waals surface area contributed by atoms with Gasteiger partial charge in [0.05, 0.1) is 18.5 Å². The molecule has 172 valence electrons. The first-order chi connectivity index (χ1) is 15.6. The lowest BCUT2D eigenvalue weighted by atomic mass is 9.91. The van der Waals surface area contributed by atoms with Gasteiger partial charge in [0.2, 0.25) is 0 Å². The van der Waals surface area contributed by atoms with Crippen LogP contribution in [0.5, 0.6) is 11.5 Å². The van der Waals surface area contributed by atoms with Crippen LogP contribution in [0, 0.1) is 19.7 Å². The number of carbonyl (C=O) groups is 1. The molecule has 1 aliphatic heterocycles. The maximum Gasteiger partial charge on any atom is 0.251 e. The number of fused-ring (bicyclic) bond motifs is 1. The minimum atomic E-state index is -0.735. The number of carbonyl (C=O) groups excluding carboxylic acids is 1. The molecule has 6 heteroatoms. The molecule has 0 spiro atoms. The van der Waals surface area contributed by atoms with Crippen LogP contribution < -0.4 is 19.7 Å². The fourth-order valence-corrected chi connectivity index (χ4v) is 4.34. The van der Waals surface area contributed by atoms with Crippen LogP contribution in [-0.4, -0.2) is 25.6 Å². The molecule has 0 saturated heterocycles. The van der Waals surface area contributed by atoms with E-state index < -0.39 is 5.54 Å². The molecule has 3 aromatic carbocycles. The Morgan fingerprint density at radius 1 is 1.00 bits per heavy atom. The van der Waals surface area contributed by atoms with Crippen LogP contribution in [0.4, 0.5) is 15.8 Å². The molecule has 5 nitrogen and oxygen atoms in total. The first-order valence-electron chi connectivity index (χ1n) is 10.9. The molecule has 0 unspecified atom stereocenters. The Kier molecular flexibility index (Phi) is 5.78. The summed E-state index contributed by atoms with van der Waals surface area (Å²) in [4.78, 5) is 14.8. The lowest BCUT2D eigenvalue weighted by molar-refractivity contribution is -0.121. The summed E-state index contributed by atoms with van der Waals surface area (Å²) in [5.41, 5.74) is 5.38. The number of hydrogen-bond donors (Lipinski definition) is 1. The number of amides is 1. The second-order valence-electron chi connectivity index (χ2n) is 9.00. The van der Waals surface area contributed by atoms with Crippen LogP contribution in [0.3, 0.4) is 0 Å². The van der Waals surface area contributed by atoms with Crippen molar-refractivity contribution in [1.29, 1.82) is 0 Å². The van der Waals surface area contributed by atoms with Crippen molar-refractivity contribution >= 4 is 17.3 Å². The van der Waals surface area contributed by atoms with E-state index in [2.05, 4.69) is 11.4 Å². The van der Waals surface area contributed by atoms with Crippen molar-refractivity contribution < 1.29 is 18.7 Å². The van der Waals surface area contributed by atoms with Crippen molar-refractivity contribution in [3.63, 3.8) is 0 Å². The Bertz CT molecular complexity index is 1240. The number of benzene rings is 3. The molecular weight excluding hydrogens is 419 g/mol. The second kappa shape index (κ2) is 8.43. The molecule has 0 radical (unpaired) electrons. The van der Waals surface area contributed by atoms with E-state index in [1.807, 2.05) is 52.0 Å². The molecule has 0 atom stereocenters. The van der Waals surface area contributed by atoms with E-state index in [-0.39, 0.29) is 18.3 Å². The van der Waals surface area contributed by atoms with E-state index in [1.54, 1.807) is 25.1 Å². The third-order valence-electron chi connectivity index (χ3n) is 6.07. The van der Waals surface area contributed by atoms with Gasteiger partial charge < -0.3 is 19.7 Å². The smallest absolute Gasteiger partial charge is 0.251 e. The van der Waals surface area contributed by atoms with E-state index >= 15 is 0 Å². The van der Waals surface area contributed by atoms with Crippen molar-refractivity contribution in [3.8, 4) is 22.6 Å². The first-order valence-corrected chi connectivity index (χ1v) is 10.9. The number of aryl methyl sites for hydroxylation is 2. The summed E-state index contributed by atoms with van der Waals surface area (Å²) in [5.74, 6) is 0.781. The summed E-state index contributed by atoms with van der Waals surface area (Å²) in [5, 5.41) is 3.36. The van der Waals surface area contributed by atoms with Gasteiger partial charge in [-0.25, -0.2) is 4.39 Å². The fourth-order valence-electron chi connectivity index (χ4n) is 4.34. The number of halogens is 1. The summed E-state index contributed by atoms with van der Waals surface area (Å²) < 4.78 is 25.6. The Morgan fingerprint density at radius 2 is 1.76 bits per heavy atom. The molecule has 1 aliphatic rings. The highest BCUT2D eigenvalue weighted by molar-refractivity contribution is 6.08. The lowest BCUT2D eigenvalue weighted by Crippen LogP contribution is -2.52. The molecule has 33 heavy (non-hydrogen) atoms. The van der Waals surface area contributed by atoms with Gasteiger partial charge in [-0.15, -0.1) is 0 Å². The highest BCUT2D eigenvalue weighted by Gasteiger charge is 2.38. The molecule has 1 amide bonds. The molecule has 3 aromatic rings. The topological polar surface area (TPSA) is 50.8 Å². The van der Waals surface area contributed by atoms with Crippen molar-refractivity contribution in [3.05, 3.63) is 71.0 Å². The minimum Gasteiger partial charge on any atom is -0.496 e. The Morgan fingerprint density at radius 3 is 2.48 bits per heavy atom. The number of nitrogens with one attached hydrogen (secondary N) is 1. The van der Waals surface area contributed by atoms with Gasteiger partial charge in [-0.2, -0.15) is 0 Å². The van der Waals surface area contributed by atoms with Crippen LogP contribution in [0.25, 0.3) is 11.1 Å². The summed E-state index contributed by atoms with van der Waals surface area (Å²) in [7, 11) is 3.41. The van der Waals surface area contributed by atoms with E-state index in [4.69, 9.17) is 9.47 Å². The number of ether oxygens (including phenoxy) is 2. The van der Waals surface area contributed by atoms with Crippen LogP contribution in [0.1, 0.15) is 30.5 Å². The predicted octanol–water partition coefficient (Wildman–Crippen LogP) is 5.86. The highest BCUT2D eigenvalue weighted by Crippen LogP contribution is 2.44. The van der Waals surface area contributed by atoms with Crippen molar-refractivity contribution in [1.82, 2.24) is 0 Å². The molecule has 4 rings (SSSR count). The van der Waals surface area contributed by atoms with E-state index in [9.17, 15) is 9.18 Å². The van der Waals surface area contributed by atoms with Gasteiger partial charge >= 0.3 is 0 Å². The molecule has 0 saturated carbocycles. The molecule has 1 heterocycles. The number of rotatable bonds is 5. The van der Waals surface area contributed by atoms with Crippen molar-refractivity contribution in [2.75, 3.05) is 24.4 Å². The number of hydrogen-bond acceptors (Lipinski definition) is 4. The summed E-state index contributed by atoms with van der Waals surface area (Å²) in [6, 6.07) is 14.5. The Balaban J connectivity index is 1.90. The normalized spacial score (nSPS) is 14.5. The molecule has 0 aromatic heterocycles. The van der Waals surface area contributed by atoms with Crippen LogP contribution in [0.15, 0.2) is 48.5 Å². The van der Waals surface area contributed by atoms with E-state index in [0.29, 0.717) is 5.75 Å². The lowest BCUT2D eigenvalue weighted by Gasteiger charge is -2.39. The van der Waals surface area contributed by atoms with Gasteiger partial charge in [0.25, 0.3) is 5.91 Å². The quantitative estimate of drug-likeness (QED) is 0.531. The average molecular weight is 449 g/mol. The van der Waals surface area contributed by atoms with Crippen molar-refractivity contribution in [2.24, 2.45) is 0 Å². The fraction of sp³-hybridized carbons (Fsp3) is 0.296. The largest absolute Gasteiger partial charge is 0.496 e. The van der Waals surface area contributed by atoms with E-state index in [1.165, 1.54) is 12.1 Å². The number of likely N-dealkylation sites (N-methyl/N-ethyl adjacent to an activating group) is 1. The average Bonchev–Trinajstić information content (AvgIpc) is 2.77. The summed E-state index contributed by atoms with van der Waals surface area (Å²) in [6.45, 7) is 7.77. The minimum absolute atomic E-state index is 0.0495. The van der Waals surface area contributed by atoms with Gasteiger partial charge in [0.1, 0.15) is 29.5 Å². The van der Waals surface area contributed by atoms with Gasteiger partial charge in [0, 0.05) is 24.2 Å². The molecule has 0 bridgehead atoms. The second-order valence-corrected chi connectivity index (χ2v) is 9.00. The van der Waals surface area contributed by atoms with Crippen molar-refractivity contribution in [2.45, 2.75) is 39.8 Å². The zero-order chi connectivity index (χ0) is 23.9. The van der Waals surface area contributed by atoms with Gasteiger partial charge in [-0.1, -0.05) is 23.8 Å².